The molecule has 0 bridgehead atoms. The smallest absolute Gasteiger partial charge is 0.410 e. The van der Waals surface area contributed by atoms with Gasteiger partial charge in [-0.05, 0) is 13.8 Å². The second kappa shape index (κ2) is 5.17. The van der Waals surface area contributed by atoms with Gasteiger partial charge in [0, 0.05) is 6.54 Å². The van der Waals surface area contributed by atoms with E-state index in [-0.39, 0.29) is 24.9 Å². The standard InChI is InChI=1S/C9H17NO4/c1-7(2)14-9(12)10-3-4-13-8(5-10)6-11/h7-8,11H,3-6H2,1-2H3. The van der Waals surface area contributed by atoms with Crippen molar-refractivity contribution in [3.8, 4) is 0 Å². The minimum absolute atomic E-state index is 0.0640. The molecule has 0 radical (unpaired) electrons. The number of hydrogen-bond donors (Lipinski definition) is 1. The molecular formula is C9H17NO4. The van der Waals surface area contributed by atoms with Gasteiger partial charge in [0.05, 0.1) is 32.0 Å². The van der Waals surface area contributed by atoms with Gasteiger partial charge < -0.3 is 19.5 Å². The first kappa shape index (κ1) is 11.3. The van der Waals surface area contributed by atoms with Gasteiger partial charge in [-0.1, -0.05) is 0 Å². The van der Waals surface area contributed by atoms with Crippen molar-refractivity contribution in [2.75, 3.05) is 26.3 Å². The molecule has 0 aliphatic carbocycles. The van der Waals surface area contributed by atoms with Crippen LogP contribution in [0.1, 0.15) is 13.8 Å². The van der Waals surface area contributed by atoms with Gasteiger partial charge >= 0.3 is 6.09 Å². The Hall–Kier alpha value is -0.810. The minimum Gasteiger partial charge on any atom is -0.447 e. The Balaban J connectivity index is 2.39. The molecule has 0 aromatic carbocycles. The molecule has 1 unspecified atom stereocenters. The molecule has 0 spiro atoms. The molecule has 1 aliphatic rings. The van der Waals surface area contributed by atoms with E-state index in [4.69, 9.17) is 14.6 Å². The Morgan fingerprint density at radius 3 is 3.00 bits per heavy atom. The number of hydrogen-bond acceptors (Lipinski definition) is 4. The first-order valence-electron chi connectivity index (χ1n) is 4.81. The van der Waals surface area contributed by atoms with Crippen LogP contribution in [0, 0.1) is 0 Å². The average Bonchev–Trinajstić information content (AvgIpc) is 2.17. The molecule has 1 amide bonds. The third-order valence-electron chi connectivity index (χ3n) is 1.94. The number of carbonyl (C=O) groups is 1. The maximum atomic E-state index is 11.4. The molecular weight excluding hydrogens is 186 g/mol. The molecule has 1 saturated heterocycles. The molecule has 1 fully saturated rings. The van der Waals surface area contributed by atoms with Crippen molar-refractivity contribution in [2.45, 2.75) is 26.1 Å². The van der Waals surface area contributed by atoms with E-state index in [0.29, 0.717) is 19.7 Å². The van der Waals surface area contributed by atoms with Crippen LogP contribution in [0.5, 0.6) is 0 Å². The molecule has 5 nitrogen and oxygen atoms in total. The van der Waals surface area contributed by atoms with Crippen molar-refractivity contribution in [1.29, 1.82) is 0 Å². The quantitative estimate of drug-likeness (QED) is 0.697. The van der Waals surface area contributed by atoms with Crippen LogP contribution in [0.15, 0.2) is 0 Å². The van der Waals surface area contributed by atoms with Crippen molar-refractivity contribution in [3.63, 3.8) is 0 Å². The Morgan fingerprint density at radius 2 is 2.43 bits per heavy atom. The Morgan fingerprint density at radius 1 is 1.71 bits per heavy atom. The lowest BCUT2D eigenvalue weighted by molar-refractivity contribution is -0.0521. The van der Waals surface area contributed by atoms with E-state index in [0.717, 1.165) is 0 Å². The lowest BCUT2D eigenvalue weighted by Gasteiger charge is -2.31. The summed E-state index contributed by atoms with van der Waals surface area (Å²) in [7, 11) is 0. The van der Waals surface area contributed by atoms with E-state index in [1.54, 1.807) is 4.90 Å². The molecule has 82 valence electrons. The first-order chi connectivity index (χ1) is 6.63. The number of aliphatic hydroxyl groups is 1. The van der Waals surface area contributed by atoms with Crippen molar-refractivity contribution < 1.29 is 19.4 Å². The fourth-order valence-corrected chi connectivity index (χ4v) is 1.27. The van der Waals surface area contributed by atoms with Crippen LogP contribution in [0.4, 0.5) is 4.79 Å². The molecule has 0 saturated carbocycles. The maximum absolute atomic E-state index is 11.4. The van der Waals surface area contributed by atoms with E-state index >= 15 is 0 Å². The highest BCUT2D eigenvalue weighted by molar-refractivity contribution is 5.67. The molecule has 1 rings (SSSR count). The van der Waals surface area contributed by atoms with Crippen LogP contribution >= 0.6 is 0 Å². The number of morpholine rings is 1. The minimum atomic E-state index is -0.332. The summed E-state index contributed by atoms with van der Waals surface area (Å²) in [5.74, 6) is 0. The van der Waals surface area contributed by atoms with E-state index < -0.39 is 0 Å². The molecule has 14 heavy (non-hydrogen) atoms. The van der Waals surface area contributed by atoms with Gasteiger partial charge in [0.15, 0.2) is 0 Å². The molecule has 0 aromatic rings. The average molecular weight is 203 g/mol. The normalized spacial score (nSPS) is 22.6. The van der Waals surface area contributed by atoms with Gasteiger partial charge in [-0.15, -0.1) is 0 Å². The fourth-order valence-electron chi connectivity index (χ4n) is 1.27. The first-order valence-corrected chi connectivity index (χ1v) is 4.81. The van der Waals surface area contributed by atoms with Crippen LogP contribution in [-0.4, -0.2) is 54.6 Å². The number of amides is 1. The topological polar surface area (TPSA) is 59.0 Å². The number of aliphatic hydroxyl groups excluding tert-OH is 1. The maximum Gasteiger partial charge on any atom is 0.410 e. The zero-order valence-corrected chi connectivity index (χ0v) is 8.60. The summed E-state index contributed by atoms with van der Waals surface area (Å²) < 4.78 is 10.2. The highest BCUT2D eigenvalue weighted by Crippen LogP contribution is 2.07. The lowest BCUT2D eigenvalue weighted by Crippen LogP contribution is -2.47. The van der Waals surface area contributed by atoms with Crippen LogP contribution in [0.2, 0.25) is 0 Å². The van der Waals surface area contributed by atoms with Crippen molar-refractivity contribution in [3.05, 3.63) is 0 Å². The zero-order valence-electron chi connectivity index (χ0n) is 8.60. The Bertz CT molecular complexity index is 195. The molecule has 0 aromatic heterocycles. The van der Waals surface area contributed by atoms with E-state index in [1.165, 1.54) is 0 Å². The van der Waals surface area contributed by atoms with E-state index in [2.05, 4.69) is 0 Å². The van der Waals surface area contributed by atoms with Gasteiger partial charge in [-0.25, -0.2) is 4.79 Å². The SMILES string of the molecule is CC(C)OC(=O)N1CCOC(CO)C1. The lowest BCUT2D eigenvalue weighted by atomic mass is 10.3. The van der Waals surface area contributed by atoms with E-state index in [9.17, 15) is 4.79 Å². The van der Waals surface area contributed by atoms with Gasteiger partial charge in [-0.3, -0.25) is 0 Å². The van der Waals surface area contributed by atoms with Crippen LogP contribution in [0.3, 0.4) is 0 Å². The third-order valence-corrected chi connectivity index (χ3v) is 1.94. The number of nitrogens with zero attached hydrogens (tertiary/aromatic N) is 1. The molecule has 1 atom stereocenters. The monoisotopic (exact) mass is 203 g/mol. The summed E-state index contributed by atoms with van der Waals surface area (Å²) in [6, 6.07) is 0. The van der Waals surface area contributed by atoms with Crippen molar-refractivity contribution >= 4 is 6.09 Å². The molecule has 1 aliphatic heterocycles. The largest absolute Gasteiger partial charge is 0.447 e. The predicted molar refractivity (Wildman–Crippen MR) is 50.0 cm³/mol. The summed E-state index contributed by atoms with van der Waals surface area (Å²) in [6.45, 7) is 4.94. The third kappa shape index (κ3) is 3.16. The molecule has 1 N–H and O–H groups in total. The predicted octanol–water partition coefficient (Wildman–Crippen LogP) is 0.224. The summed E-state index contributed by atoms with van der Waals surface area (Å²) >= 11 is 0. The molecule has 1 heterocycles. The fraction of sp³-hybridized carbons (Fsp3) is 0.889. The van der Waals surface area contributed by atoms with Crippen LogP contribution in [-0.2, 0) is 9.47 Å². The summed E-state index contributed by atoms with van der Waals surface area (Å²) in [6.07, 6.45) is -0.719. The van der Waals surface area contributed by atoms with E-state index in [1.807, 2.05) is 13.8 Å². The van der Waals surface area contributed by atoms with Gasteiger partial charge in [0.1, 0.15) is 0 Å². The molecule has 5 heteroatoms. The Labute approximate surface area is 83.6 Å². The van der Waals surface area contributed by atoms with Gasteiger partial charge in [0.2, 0.25) is 0 Å². The summed E-state index contributed by atoms with van der Waals surface area (Å²) in [4.78, 5) is 13.0. The van der Waals surface area contributed by atoms with Crippen molar-refractivity contribution in [2.24, 2.45) is 0 Å². The van der Waals surface area contributed by atoms with Gasteiger partial charge in [0.25, 0.3) is 0 Å². The second-order valence-electron chi connectivity index (χ2n) is 3.55. The summed E-state index contributed by atoms with van der Waals surface area (Å²) in [5.41, 5.74) is 0. The van der Waals surface area contributed by atoms with Gasteiger partial charge in [-0.2, -0.15) is 0 Å². The van der Waals surface area contributed by atoms with Crippen LogP contribution in [0.25, 0.3) is 0 Å². The number of ether oxygens (including phenoxy) is 2. The highest BCUT2D eigenvalue weighted by Gasteiger charge is 2.24. The van der Waals surface area contributed by atoms with Crippen molar-refractivity contribution in [1.82, 2.24) is 4.90 Å². The highest BCUT2D eigenvalue weighted by atomic mass is 16.6. The summed E-state index contributed by atoms with van der Waals surface area (Å²) in [5, 5.41) is 8.87. The number of rotatable bonds is 2. The second-order valence-corrected chi connectivity index (χ2v) is 3.55. The number of carbonyl (C=O) groups excluding carboxylic acids is 1. The van der Waals surface area contributed by atoms with Crippen LogP contribution < -0.4 is 0 Å². The Kier molecular flexibility index (Phi) is 4.16. The zero-order chi connectivity index (χ0) is 10.6.